The molecule has 8 rings (SSSR count). The van der Waals surface area contributed by atoms with E-state index in [1.807, 2.05) is 36.4 Å². The molecule has 0 unspecified atom stereocenters. The molecule has 0 aliphatic rings. The maximum atomic E-state index is 6.24. The first kappa shape index (κ1) is 17.9. The molecule has 158 valence electrons. The highest BCUT2D eigenvalue weighted by atomic mass is 16.3. The Morgan fingerprint density at radius 2 is 1.00 bits per heavy atom. The second kappa shape index (κ2) is 6.49. The van der Waals surface area contributed by atoms with Gasteiger partial charge >= 0.3 is 0 Å². The van der Waals surface area contributed by atoms with Crippen LogP contribution in [0.2, 0.25) is 0 Å². The maximum absolute atomic E-state index is 6.24. The Morgan fingerprint density at radius 1 is 0.412 bits per heavy atom. The van der Waals surface area contributed by atoms with Gasteiger partial charge in [-0.1, -0.05) is 66.7 Å². The van der Waals surface area contributed by atoms with Crippen LogP contribution in [0.5, 0.6) is 0 Å². The van der Waals surface area contributed by atoms with Crippen molar-refractivity contribution in [3.05, 3.63) is 109 Å². The lowest BCUT2D eigenvalue weighted by Crippen LogP contribution is -1.87. The number of fused-ring (bicyclic) bond motifs is 2. The van der Waals surface area contributed by atoms with Crippen LogP contribution in [0.25, 0.3) is 76.9 Å². The van der Waals surface area contributed by atoms with E-state index in [0.717, 1.165) is 44.6 Å². The van der Waals surface area contributed by atoms with Crippen LogP contribution < -0.4 is 0 Å². The fourth-order valence-electron chi connectivity index (χ4n) is 5.42. The third-order valence-corrected chi connectivity index (χ3v) is 7.00. The molecule has 2 aromatic heterocycles. The molecule has 0 radical (unpaired) electrons. The standard InChI is InChI=1S/C32H18O2/c1-3-7-27-20(5-1)17-29(33-27)24-15-22-10-9-19-11-13-25(26-14-12-23(16-24)31(22)32(19)26)30-18-21-6-2-4-8-28(21)34-30/h1-18H. The Labute approximate surface area is 195 Å². The Kier molecular flexibility index (Phi) is 3.42. The maximum Gasteiger partial charge on any atom is 0.136 e. The number of furan rings is 2. The second-order valence-corrected chi connectivity index (χ2v) is 8.98. The summed E-state index contributed by atoms with van der Waals surface area (Å²) in [6.45, 7) is 0. The minimum Gasteiger partial charge on any atom is -0.456 e. The van der Waals surface area contributed by atoms with Gasteiger partial charge < -0.3 is 8.83 Å². The third-order valence-electron chi connectivity index (χ3n) is 7.00. The van der Waals surface area contributed by atoms with E-state index in [4.69, 9.17) is 8.83 Å². The molecule has 0 saturated heterocycles. The minimum atomic E-state index is 0.898. The fraction of sp³-hybridized carbons (Fsp3) is 0. The third kappa shape index (κ3) is 2.45. The molecule has 0 fully saturated rings. The molecule has 0 aliphatic heterocycles. The zero-order valence-electron chi connectivity index (χ0n) is 18.2. The van der Waals surface area contributed by atoms with Crippen LogP contribution in [0.1, 0.15) is 0 Å². The number of hydrogen-bond acceptors (Lipinski definition) is 2. The first-order chi connectivity index (χ1) is 16.8. The largest absolute Gasteiger partial charge is 0.456 e. The van der Waals surface area contributed by atoms with Crippen molar-refractivity contribution in [2.75, 3.05) is 0 Å². The first-order valence-electron chi connectivity index (χ1n) is 11.5. The van der Waals surface area contributed by atoms with Crippen LogP contribution in [0.3, 0.4) is 0 Å². The van der Waals surface area contributed by atoms with Gasteiger partial charge in [0.05, 0.1) is 0 Å². The Balaban J connectivity index is 1.39. The SMILES string of the molecule is c1ccc2oc(-c3cc4ccc5ccc(-c6cc7ccccc7o6)c6ccc(c3)c4c56)cc2c1. The van der Waals surface area contributed by atoms with E-state index in [1.165, 1.54) is 32.3 Å². The zero-order chi connectivity index (χ0) is 22.2. The monoisotopic (exact) mass is 434 g/mol. The van der Waals surface area contributed by atoms with Gasteiger partial charge in [-0.25, -0.2) is 0 Å². The smallest absolute Gasteiger partial charge is 0.136 e. The summed E-state index contributed by atoms with van der Waals surface area (Å²) >= 11 is 0. The zero-order valence-corrected chi connectivity index (χ0v) is 18.2. The topological polar surface area (TPSA) is 26.3 Å². The highest BCUT2D eigenvalue weighted by Crippen LogP contribution is 2.42. The molecular formula is C32H18O2. The molecule has 0 N–H and O–H groups in total. The lowest BCUT2D eigenvalue weighted by atomic mass is 9.90. The molecule has 0 atom stereocenters. The molecular weight excluding hydrogens is 416 g/mol. The average molecular weight is 434 g/mol. The van der Waals surface area contributed by atoms with Crippen molar-refractivity contribution in [1.29, 1.82) is 0 Å². The predicted octanol–water partition coefficient (Wildman–Crippen LogP) is 9.41. The molecule has 0 amide bonds. The lowest BCUT2D eigenvalue weighted by molar-refractivity contribution is 0.631. The normalized spacial score (nSPS) is 12.1. The lowest BCUT2D eigenvalue weighted by Gasteiger charge is -2.14. The van der Waals surface area contributed by atoms with Gasteiger partial charge in [0.25, 0.3) is 0 Å². The van der Waals surface area contributed by atoms with Crippen molar-refractivity contribution < 1.29 is 8.83 Å². The molecule has 0 saturated carbocycles. The summed E-state index contributed by atoms with van der Waals surface area (Å²) in [7, 11) is 0. The number of para-hydroxylation sites is 2. The number of benzene rings is 6. The van der Waals surface area contributed by atoms with Gasteiger partial charge in [-0.05, 0) is 74.8 Å². The van der Waals surface area contributed by atoms with E-state index in [1.54, 1.807) is 0 Å². The van der Waals surface area contributed by atoms with Crippen molar-refractivity contribution in [2.24, 2.45) is 0 Å². The van der Waals surface area contributed by atoms with E-state index >= 15 is 0 Å². The molecule has 2 heteroatoms. The van der Waals surface area contributed by atoms with Crippen LogP contribution in [0.15, 0.2) is 118 Å². The van der Waals surface area contributed by atoms with Crippen LogP contribution in [-0.2, 0) is 0 Å². The second-order valence-electron chi connectivity index (χ2n) is 8.98. The molecule has 2 nitrogen and oxygen atoms in total. The quantitative estimate of drug-likeness (QED) is 0.253. The molecule has 8 aromatic rings. The molecule has 0 aliphatic carbocycles. The summed E-state index contributed by atoms with van der Waals surface area (Å²) in [6, 6.07) is 38.4. The van der Waals surface area contributed by atoms with Gasteiger partial charge in [0.15, 0.2) is 0 Å². The summed E-state index contributed by atoms with van der Waals surface area (Å²) in [5.41, 5.74) is 4.05. The van der Waals surface area contributed by atoms with E-state index < -0.39 is 0 Å². The van der Waals surface area contributed by atoms with Gasteiger partial charge in [-0.3, -0.25) is 0 Å². The van der Waals surface area contributed by atoms with Gasteiger partial charge in [-0.15, -0.1) is 0 Å². The fourth-order valence-corrected chi connectivity index (χ4v) is 5.42. The highest BCUT2D eigenvalue weighted by Gasteiger charge is 2.16. The van der Waals surface area contributed by atoms with Crippen molar-refractivity contribution >= 4 is 54.3 Å². The van der Waals surface area contributed by atoms with Gasteiger partial charge in [0.2, 0.25) is 0 Å². The summed E-state index contributed by atoms with van der Waals surface area (Å²) in [4.78, 5) is 0. The Morgan fingerprint density at radius 3 is 1.74 bits per heavy atom. The summed E-state index contributed by atoms with van der Waals surface area (Å²) in [5.74, 6) is 1.80. The van der Waals surface area contributed by atoms with E-state index in [0.29, 0.717) is 0 Å². The van der Waals surface area contributed by atoms with E-state index in [-0.39, 0.29) is 0 Å². The highest BCUT2D eigenvalue weighted by molar-refractivity contribution is 6.26. The van der Waals surface area contributed by atoms with Crippen molar-refractivity contribution in [3.63, 3.8) is 0 Å². The summed E-state index contributed by atoms with van der Waals surface area (Å²) in [5, 5.41) is 9.70. The van der Waals surface area contributed by atoms with Crippen LogP contribution in [0, 0.1) is 0 Å². The minimum absolute atomic E-state index is 0.898. The summed E-state index contributed by atoms with van der Waals surface area (Å²) < 4.78 is 12.4. The first-order valence-corrected chi connectivity index (χ1v) is 11.5. The Hall–Kier alpha value is -4.56. The van der Waals surface area contributed by atoms with Crippen molar-refractivity contribution in [1.82, 2.24) is 0 Å². The van der Waals surface area contributed by atoms with Gasteiger partial charge in [-0.2, -0.15) is 0 Å². The molecule has 2 heterocycles. The van der Waals surface area contributed by atoms with Crippen molar-refractivity contribution in [2.45, 2.75) is 0 Å². The van der Waals surface area contributed by atoms with Gasteiger partial charge in [0.1, 0.15) is 22.7 Å². The van der Waals surface area contributed by atoms with Crippen LogP contribution >= 0.6 is 0 Å². The van der Waals surface area contributed by atoms with E-state index in [9.17, 15) is 0 Å². The number of hydrogen-bond donors (Lipinski definition) is 0. The molecule has 0 spiro atoms. The predicted molar refractivity (Wildman–Crippen MR) is 141 cm³/mol. The summed E-state index contributed by atoms with van der Waals surface area (Å²) in [6.07, 6.45) is 0. The Bertz CT molecular complexity index is 1930. The van der Waals surface area contributed by atoms with Crippen LogP contribution in [-0.4, -0.2) is 0 Å². The average Bonchev–Trinajstić information content (AvgIpc) is 3.51. The number of rotatable bonds is 2. The van der Waals surface area contributed by atoms with Crippen molar-refractivity contribution in [3.8, 4) is 22.6 Å². The van der Waals surface area contributed by atoms with E-state index in [2.05, 4.69) is 72.8 Å². The molecule has 0 bridgehead atoms. The van der Waals surface area contributed by atoms with Gasteiger partial charge in [0, 0.05) is 21.9 Å². The van der Waals surface area contributed by atoms with Crippen LogP contribution in [0.4, 0.5) is 0 Å². The molecule has 6 aromatic carbocycles. The molecule has 34 heavy (non-hydrogen) atoms.